The van der Waals surface area contributed by atoms with E-state index < -0.39 is 10.5 Å². The Morgan fingerprint density at radius 1 is 1.20 bits per heavy atom. The van der Waals surface area contributed by atoms with E-state index in [-0.39, 0.29) is 0 Å². The van der Waals surface area contributed by atoms with Crippen LogP contribution in [0.5, 0.6) is 0 Å². The van der Waals surface area contributed by atoms with E-state index in [4.69, 9.17) is 0 Å². The number of alkyl halides is 5. The summed E-state index contributed by atoms with van der Waals surface area (Å²) in [5, 5.41) is 0. The predicted octanol–water partition coefficient (Wildman–Crippen LogP) is 3.68. The highest BCUT2D eigenvalue weighted by molar-refractivity contribution is 9.10. The fraction of sp³-hybridized carbons (Fsp3) is 1.00. The van der Waals surface area contributed by atoms with E-state index in [1.165, 1.54) is 19.3 Å². The van der Waals surface area contributed by atoms with Crippen LogP contribution in [0.15, 0.2) is 0 Å². The van der Waals surface area contributed by atoms with Crippen LogP contribution in [0.3, 0.4) is 0 Å². The second-order valence-electron chi connectivity index (χ2n) is 1.90. The summed E-state index contributed by atoms with van der Waals surface area (Å²) < 4.78 is 31.1. The van der Waals surface area contributed by atoms with Crippen LogP contribution in [0.25, 0.3) is 0 Å². The SMILES string of the molecule is C1CC1.FC(F)(F)C(Cl)Br. The van der Waals surface area contributed by atoms with E-state index in [1.54, 1.807) is 0 Å². The molecule has 0 amide bonds. The molecular formula is C5H7BrClF3. The van der Waals surface area contributed by atoms with Gasteiger partial charge in [-0.15, -0.1) is 11.6 Å². The fourth-order valence-electron chi connectivity index (χ4n) is 0. The number of rotatable bonds is 0. The van der Waals surface area contributed by atoms with Gasteiger partial charge in [-0.2, -0.15) is 13.2 Å². The number of hydrogen-bond donors (Lipinski definition) is 0. The summed E-state index contributed by atoms with van der Waals surface area (Å²) >= 11 is 6.68. The predicted molar refractivity (Wildman–Crippen MR) is 38.5 cm³/mol. The first-order valence-electron chi connectivity index (χ1n) is 2.79. The van der Waals surface area contributed by atoms with Crippen LogP contribution in [0.4, 0.5) is 13.2 Å². The van der Waals surface area contributed by atoms with Crippen molar-refractivity contribution >= 4 is 27.5 Å². The zero-order chi connectivity index (χ0) is 8.20. The highest BCUT2D eigenvalue weighted by Gasteiger charge is 2.35. The van der Waals surface area contributed by atoms with Crippen LogP contribution in [-0.2, 0) is 0 Å². The lowest BCUT2D eigenvalue weighted by Gasteiger charge is -2.03. The molecule has 0 nitrogen and oxygen atoms in total. The molecule has 0 saturated heterocycles. The van der Waals surface area contributed by atoms with Crippen LogP contribution in [-0.4, -0.2) is 10.5 Å². The molecule has 1 aliphatic carbocycles. The molecule has 1 atom stereocenters. The highest BCUT2D eigenvalue weighted by Crippen LogP contribution is 2.28. The van der Waals surface area contributed by atoms with Gasteiger partial charge in [0.2, 0.25) is 0 Å². The average Bonchev–Trinajstić information content (AvgIpc) is 2.42. The molecule has 0 radical (unpaired) electrons. The minimum absolute atomic E-state index is 1.50. The third-order valence-electron chi connectivity index (χ3n) is 0.601. The lowest BCUT2D eigenvalue weighted by Crippen LogP contribution is -2.16. The summed E-state index contributed by atoms with van der Waals surface area (Å²) in [4.78, 5) is 0. The fourth-order valence-corrected chi connectivity index (χ4v) is 0. The maximum Gasteiger partial charge on any atom is 0.414 e. The van der Waals surface area contributed by atoms with Crippen molar-refractivity contribution < 1.29 is 13.2 Å². The Morgan fingerprint density at radius 2 is 1.40 bits per heavy atom. The van der Waals surface area contributed by atoms with Crippen molar-refractivity contribution in [3.05, 3.63) is 0 Å². The maximum absolute atomic E-state index is 11.0. The van der Waals surface area contributed by atoms with Gasteiger partial charge in [-0.05, 0) is 0 Å². The standard InChI is InChI=1S/C3H6.C2HBrClF3/c1-2-3-1;3-1(4)2(5,6)7/h1-3H2;1H. The second-order valence-corrected chi connectivity index (χ2v) is 3.78. The molecule has 0 N–H and O–H groups in total. The Hall–Kier alpha value is 0.560. The Morgan fingerprint density at radius 3 is 1.40 bits per heavy atom. The molecule has 1 fully saturated rings. The van der Waals surface area contributed by atoms with Crippen molar-refractivity contribution in [1.82, 2.24) is 0 Å². The summed E-state index contributed by atoms with van der Waals surface area (Å²) in [5.74, 6) is 0. The summed E-state index contributed by atoms with van der Waals surface area (Å²) in [6.07, 6.45) is 0.182. The minimum atomic E-state index is -4.32. The van der Waals surface area contributed by atoms with Crippen LogP contribution in [0.2, 0.25) is 0 Å². The van der Waals surface area contributed by atoms with Gasteiger partial charge in [0.1, 0.15) is 0 Å². The van der Waals surface area contributed by atoms with Crippen LogP contribution in [0, 0.1) is 0 Å². The molecule has 5 heteroatoms. The molecular weight excluding hydrogens is 232 g/mol. The van der Waals surface area contributed by atoms with Gasteiger partial charge < -0.3 is 0 Å². The van der Waals surface area contributed by atoms with Gasteiger partial charge in [0.15, 0.2) is 4.29 Å². The molecule has 10 heavy (non-hydrogen) atoms. The Labute approximate surface area is 70.9 Å². The Kier molecular flexibility index (Phi) is 4.69. The highest BCUT2D eigenvalue weighted by atomic mass is 79.9. The molecule has 1 saturated carbocycles. The molecule has 0 aromatic carbocycles. The molecule has 0 aromatic rings. The van der Waals surface area contributed by atoms with Gasteiger partial charge in [0, 0.05) is 0 Å². The summed E-state index contributed by atoms with van der Waals surface area (Å²) in [6.45, 7) is 0. The average molecular weight is 239 g/mol. The topological polar surface area (TPSA) is 0 Å². The van der Waals surface area contributed by atoms with Gasteiger partial charge in [-0.1, -0.05) is 35.2 Å². The zero-order valence-corrected chi connectivity index (χ0v) is 7.43. The monoisotopic (exact) mass is 238 g/mol. The maximum atomic E-state index is 11.0. The van der Waals surface area contributed by atoms with E-state index in [1.807, 2.05) is 0 Å². The molecule has 0 spiro atoms. The van der Waals surface area contributed by atoms with Crippen molar-refractivity contribution in [2.45, 2.75) is 29.7 Å². The first-order chi connectivity index (χ1) is 4.44. The zero-order valence-electron chi connectivity index (χ0n) is 5.09. The quantitative estimate of drug-likeness (QED) is 0.566. The number of halogens is 5. The normalized spacial score (nSPS) is 18.9. The molecule has 0 heterocycles. The molecule has 1 aliphatic rings. The van der Waals surface area contributed by atoms with Gasteiger partial charge in [0.05, 0.1) is 0 Å². The van der Waals surface area contributed by atoms with E-state index in [2.05, 4.69) is 27.5 Å². The van der Waals surface area contributed by atoms with Crippen molar-refractivity contribution in [2.75, 3.05) is 0 Å². The Balaban J connectivity index is 0.000000219. The van der Waals surface area contributed by atoms with Crippen molar-refractivity contribution in [1.29, 1.82) is 0 Å². The molecule has 0 aliphatic heterocycles. The molecule has 1 unspecified atom stereocenters. The lowest BCUT2D eigenvalue weighted by molar-refractivity contribution is -0.112. The Bertz CT molecular complexity index is 86.6. The molecule has 62 valence electrons. The van der Waals surface area contributed by atoms with E-state index in [9.17, 15) is 13.2 Å². The van der Waals surface area contributed by atoms with Gasteiger partial charge in [-0.25, -0.2) is 0 Å². The first kappa shape index (κ1) is 10.6. The van der Waals surface area contributed by atoms with Crippen LogP contribution >= 0.6 is 27.5 Å². The second kappa shape index (κ2) is 4.44. The van der Waals surface area contributed by atoms with Crippen LogP contribution in [0.1, 0.15) is 19.3 Å². The largest absolute Gasteiger partial charge is 0.414 e. The van der Waals surface area contributed by atoms with Crippen LogP contribution < -0.4 is 0 Å². The molecule has 0 bridgehead atoms. The number of hydrogen-bond acceptors (Lipinski definition) is 0. The summed E-state index contributed by atoms with van der Waals surface area (Å²) in [6, 6.07) is 0. The van der Waals surface area contributed by atoms with Crippen molar-refractivity contribution in [2.24, 2.45) is 0 Å². The van der Waals surface area contributed by atoms with Gasteiger partial charge in [-0.3, -0.25) is 0 Å². The summed E-state index contributed by atoms with van der Waals surface area (Å²) in [5.41, 5.74) is 0. The van der Waals surface area contributed by atoms with Gasteiger partial charge in [0.25, 0.3) is 0 Å². The first-order valence-corrected chi connectivity index (χ1v) is 4.14. The third kappa shape index (κ3) is 8.56. The van der Waals surface area contributed by atoms with Crippen molar-refractivity contribution in [3.63, 3.8) is 0 Å². The molecule has 1 rings (SSSR count). The smallest absolute Gasteiger partial charge is 0.168 e. The van der Waals surface area contributed by atoms with E-state index >= 15 is 0 Å². The van der Waals surface area contributed by atoms with Gasteiger partial charge >= 0.3 is 6.18 Å². The minimum Gasteiger partial charge on any atom is -0.168 e. The van der Waals surface area contributed by atoms with E-state index in [0.717, 1.165) is 0 Å². The lowest BCUT2D eigenvalue weighted by atomic mass is 10.8. The van der Waals surface area contributed by atoms with E-state index in [0.29, 0.717) is 0 Å². The summed E-state index contributed by atoms with van der Waals surface area (Å²) in [7, 11) is 0. The third-order valence-corrected chi connectivity index (χ3v) is 1.37. The van der Waals surface area contributed by atoms with Crippen molar-refractivity contribution in [3.8, 4) is 0 Å². The molecule has 0 aromatic heterocycles.